The Labute approximate surface area is 312 Å². The van der Waals surface area contributed by atoms with Crippen LogP contribution < -0.4 is 10.6 Å². The molecule has 5 aromatic rings. The summed E-state index contributed by atoms with van der Waals surface area (Å²) in [6.45, 7) is -0.370. The van der Waals surface area contributed by atoms with Gasteiger partial charge < -0.3 is 30.3 Å². The van der Waals surface area contributed by atoms with Crippen molar-refractivity contribution < 1.29 is 38.9 Å². The zero-order valence-electron chi connectivity index (χ0n) is 29.5. The van der Waals surface area contributed by atoms with E-state index in [1.807, 2.05) is 97.1 Å². The zero-order valence-corrected chi connectivity index (χ0v) is 29.5. The fourth-order valence-corrected chi connectivity index (χ4v) is 7.39. The summed E-state index contributed by atoms with van der Waals surface area (Å²) in [4.78, 5) is 53.9. The number of ether oxygens (including phenoxy) is 2. The van der Waals surface area contributed by atoms with Gasteiger partial charge >= 0.3 is 18.2 Å². The van der Waals surface area contributed by atoms with Gasteiger partial charge in [0.05, 0.1) is 6.54 Å². The lowest BCUT2D eigenvalue weighted by Gasteiger charge is -2.28. The second kappa shape index (κ2) is 15.5. The highest BCUT2D eigenvalue weighted by molar-refractivity contribution is 5.90. The van der Waals surface area contributed by atoms with Crippen LogP contribution in [0.1, 0.15) is 39.7 Å². The molecular weight excluding hydrogens is 686 g/mol. The number of likely N-dealkylation sites (N-methyl/N-ethyl adjacent to an activating group) is 1. The maximum atomic E-state index is 13.8. The van der Waals surface area contributed by atoms with E-state index >= 15 is 0 Å². The van der Waals surface area contributed by atoms with Crippen molar-refractivity contribution in [1.29, 1.82) is 0 Å². The normalized spacial score (nSPS) is 13.7. The molecule has 11 nitrogen and oxygen atoms in total. The Morgan fingerprint density at radius 3 is 1.57 bits per heavy atom. The third kappa shape index (κ3) is 7.34. The second-order valence-electron chi connectivity index (χ2n) is 13.4. The number of alkyl carbamates (subject to hydrolysis) is 1. The highest BCUT2D eigenvalue weighted by atomic mass is 16.6. The highest BCUT2D eigenvalue weighted by Crippen LogP contribution is 2.45. The van der Waals surface area contributed by atoms with Crippen LogP contribution in [0.4, 0.5) is 9.59 Å². The minimum absolute atomic E-state index is 0.00997. The Kier molecular flexibility index (Phi) is 10.3. The highest BCUT2D eigenvalue weighted by Gasteiger charge is 2.35. The molecule has 0 heterocycles. The van der Waals surface area contributed by atoms with Crippen LogP contribution in [-0.4, -0.2) is 78.1 Å². The molecule has 2 aliphatic carbocycles. The molecule has 0 saturated carbocycles. The first-order chi connectivity index (χ1) is 26.2. The summed E-state index contributed by atoms with van der Waals surface area (Å²) in [5.41, 5.74) is 8.91. The number of nitrogens with zero attached hydrogens (tertiary/aromatic N) is 1. The van der Waals surface area contributed by atoms with Crippen LogP contribution in [0.25, 0.3) is 22.3 Å². The molecule has 0 aromatic heterocycles. The van der Waals surface area contributed by atoms with Gasteiger partial charge in [-0.2, -0.15) is 0 Å². The molecule has 2 unspecified atom stereocenters. The number of aliphatic carboxylic acids is 1. The van der Waals surface area contributed by atoms with Gasteiger partial charge in [-0.1, -0.05) is 109 Å². The smallest absolute Gasteiger partial charge is 0.410 e. The molecule has 2 aliphatic rings. The summed E-state index contributed by atoms with van der Waals surface area (Å²) >= 11 is 0. The van der Waals surface area contributed by atoms with Crippen molar-refractivity contribution in [2.24, 2.45) is 0 Å². The summed E-state index contributed by atoms with van der Waals surface area (Å²) in [5.74, 6) is -2.54. The van der Waals surface area contributed by atoms with E-state index in [1.165, 1.54) is 19.2 Å². The summed E-state index contributed by atoms with van der Waals surface area (Å²) in [5, 5.41) is 24.8. The first-order valence-corrected chi connectivity index (χ1v) is 17.7. The number of carbonyl (C=O) groups excluding carboxylic acids is 3. The summed E-state index contributed by atoms with van der Waals surface area (Å²) < 4.78 is 11.5. The van der Waals surface area contributed by atoms with E-state index in [4.69, 9.17) is 9.47 Å². The van der Waals surface area contributed by atoms with Gasteiger partial charge in [0.25, 0.3) is 0 Å². The van der Waals surface area contributed by atoms with Crippen molar-refractivity contribution in [2.75, 3.05) is 26.8 Å². The van der Waals surface area contributed by atoms with Gasteiger partial charge in [0.15, 0.2) is 0 Å². The van der Waals surface area contributed by atoms with E-state index in [0.29, 0.717) is 5.56 Å². The molecule has 0 fully saturated rings. The molecule has 11 heteroatoms. The number of nitrogens with one attached hydrogen (secondary N) is 2. The van der Waals surface area contributed by atoms with Crippen LogP contribution in [0.5, 0.6) is 5.75 Å². The number of hydrogen-bond donors (Lipinski definition) is 4. The van der Waals surface area contributed by atoms with Crippen LogP contribution in [0.2, 0.25) is 0 Å². The minimum Gasteiger partial charge on any atom is -0.508 e. The molecule has 0 aliphatic heterocycles. The SMILES string of the molecule is CN(C(=O)OCC1c2ccccc2-c2ccccc21)C(CNC(=O)OCC1c2ccccc2-c2ccccc21)C(=O)NC(Cc1ccc(O)cc1)C(=O)O. The van der Waals surface area contributed by atoms with Crippen LogP contribution in [-0.2, 0) is 25.5 Å². The second-order valence-corrected chi connectivity index (χ2v) is 13.4. The van der Waals surface area contributed by atoms with Gasteiger partial charge in [-0.3, -0.25) is 9.69 Å². The van der Waals surface area contributed by atoms with E-state index < -0.39 is 42.7 Å². The monoisotopic (exact) mass is 725 g/mol. The molecule has 4 N–H and O–H groups in total. The average molecular weight is 726 g/mol. The van der Waals surface area contributed by atoms with Gasteiger partial charge in [-0.25, -0.2) is 14.4 Å². The molecule has 3 amide bonds. The number of rotatable bonds is 12. The number of carboxylic acids is 1. The van der Waals surface area contributed by atoms with Gasteiger partial charge in [-0.15, -0.1) is 0 Å². The third-order valence-electron chi connectivity index (χ3n) is 10.2. The predicted octanol–water partition coefficient (Wildman–Crippen LogP) is 6.29. The largest absolute Gasteiger partial charge is 0.508 e. The van der Waals surface area contributed by atoms with E-state index in [-0.39, 0.29) is 37.2 Å². The van der Waals surface area contributed by atoms with Crippen LogP contribution >= 0.6 is 0 Å². The first-order valence-electron chi connectivity index (χ1n) is 17.7. The molecule has 2 atom stereocenters. The van der Waals surface area contributed by atoms with Crippen LogP contribution in [0, 0.1) is 0 Å². The average Bonchev–Trinajstić information content (AvgIpc) is 3.68. The molecule has 0 bridgehead atoms. The molecule has 5 aromatic carbocycles. The van der Waals surface area contributed by atoms with Gasteiger partial charge in [0, 0.05) is 25.3 Å². The zero-order chi connectivity index (χ0) is 37.8. The van der Waals surface area contributed by atoms with Crippen molar-refractivity contribution in [1.82, 2.24) is 15.5 Å². The van der Waals surface area contributed by atoms with Gasteiger partial charge in [-0.05, 0) is 62.2 Å². The number of phenols is 1. The molecule has 0 saturated heterocycles. The van der Waals surface area contributed by atoms with Crippen LogP contribution in [0.15, 0.2) is 121 Å². The lowest BCUT2D eigenvalue weighted by molar-refractivity contribution is -0.142. The first kappa shape index (κ1) is 35.8. The Bertz CT molecular complexity index is 2110. The molecular formula is C43H39N3O8. The molecule has 274 valence electrons. The van der Waals surface area contributed by atoms with Gasteiger partial charge in [0.2, 0.25) is 5.91 Å². The number of phenolic OH excluding ortho intramolecular Hbond substituents is 1. The van der Waals surface area contributed by atoms with E-state index in [2.05, 4.69) is 10.6 Å². The fraction of sp³-hybridized carbons (Fsp3) is 0.209. The Hall–Kier alpha value is -6.62. The van der Waals surface area contributed by atoms with Crippen molar-refractivity contribution in [2.45, 2.75) is 30.3 Å². The fourth-order valence-electron chi connectivity index (χ4n) is 7.39. The molecule has 0 spiro atoms. The molecule has 7 rings (SSSR count). The topological polar surface area (TPSA) is 154 Å². The minimum atomic E-state index is -1.38. The number of fused-ring (bicyclic) bond motifs is 6. The van der Waals surface area contributed by atoms with Crippen molar-refractivity contribution in [3.63, 3.8) is 0 Å². The maximum Gasteiger partial charge on any atom is 0.410 e. The van der Waals surface area contributed by atoms with E-state index in [1.54, 1.807) is 12.1 Å². The Balaban J connectivity index is 1.05. The number of amides is 3. The molecule has 54 heavy (non-hydrogen) atoms. The maximum absolute atomic E-state index is 13.8. The quantitative estimate of drug-likeness (QED) is 0.117. The third-order valence-corrected chi connectivity index (χ3v) is 10.2. The number of benzene rings is 5. The summed E-state index contributed by atoms with van der Waals surface area (Å²) in [6, 6.07) is 34.8. The summed E-state index contributed by atoms with van der Waals surface area (Å²) in [7, 11) is 1.36. The van der Waals surface area contributed by atoms with Gasteiger partial charge in [0.1, 0.15) is 31.0 Å². The van der Waals surface area contributed by atoms with Crippen molar-refractivity contribution in [3.8, 4) is 28.0 Å². The van der Waals surface area contributed by atoms with E-state index in [0.717, 1.165) is 49.4 Å². The van der Waals surface area contributed by atoms with E-state index in [9.17, 15) is 29.4 Å². The predicted molar refractivity (Wildman–Crippen MR) is 201 cm³/mol. The molecule has 0 radical (unpaired) electrons. The number of aromatic hydroxyl groups is 1. The van der Waals surface area contributed by atoms with Crippen molar-refractivity contribution in [3.05, 3.63) is 149 Å². The standard InChI is InChI=1S/C43H39N3O8/c1-46(43(52)54-25-37-34-16-8-4-12-30(34)31-13-5-9-17-35(31)37)39(40(48)45-38(41(49)50)22-26-18-20-27(47)21-19-26)23-44-42(51)53-24-36-32-14-6-2-10-28(32)29-11-3-7-15-33(29)36/h2-21,36-39,47H,22-25H2,1H3,(H,44,51)(H,45,48)(H,49,50). The number of hydrogen-bond acceptors (Lipinski definition) is 7. The lowest BCUT2D eigenvalue weighted by Crippen LogP contribution is -2.56. The Morgan fingerprint density at radius 1 is 0.667 bits per heavy atom. The lowest BCUT2D eigenvalue weighted by atomic mass is 9.98. The van der Waals surface area contributed by atoms with Crippen molar-refractivity contribution >= 4 is 24.1 Å². The Morgan fingerprint density at radius 2 is 1.11 bits per heavy atom. The number of carbonyl (C=O) groups is 4. The van der Waals surface area contributed by atoms with Crippen LogP contribution in [0.3, 0.4) is 0 Å². The number of carboxylic acid groups (broad SMARTS) is 1. The summed E-state index contributed by atoms with van der Waals surface area (Å²) in [6.07, 6.45) is -1.74.